The molecule has 52 heavy (non-hydrogen) atoms. The van der Waals surface area contributed by atoms with Crippen molar-refractivity contribution in [1.82, 2.24) is 20.0 Å². The Balaban J connectivity index is 1.45. The van der Waals surface area contributed by atoms with Crippen LogP contribution < -0.4 is 4.74 Å². The van der Waals surface area contributed by atoms with Gasteiger partial charge in [0.1, 0.15) is 22.6 Å². The van der Waals surface area contributed by atoms with E-state index in [1.54, 1.807) is 0 Å². The zero-order valence-corrected chi connectivity index (χ0v) is 29.1. The Morgan fingerprint density at radius 3 is 2.17 bits per heavy atom. The van der Waals surface area contributed by atoms with Gasteiger partial charge in [0.25, 0.3) is 5.91 Å². The largest absolute Gasteiger partial charge is 0.467 e. The number of imide groups is 1. The van der Waals surface area contributed by atoms with Crippen LogP contribution in [0, 0.1) is 11.7 Å². The minimum absolute atomic E-state index is 0.00164. The summed E-state index contributed by atoms with van der Waals surface area (Å²) in [5.74, 6) is -7.10. The topological polar surface area (TPSA) is 190 Å². The molecule has 22 heteroatoms. The van der Waals surface area contributed by atoms with Crippen LogP contribution in [0.5, 0.6) is 5.75 Å². The summed E-state index contributed by atoms with van der Waals surface area (Å²) in [6.45, 7) is 0.832. The molecule has 2 aromatic rings. The number of esters is 4. The van der Waals surface area contributed by atoms with Crippen LogP contribution in [0.15, 0.2) is 12.1 Å². The predicted octanol–water partition coefficient (Wildman–Crippen LogP) is 3.17. The number of amides is 3. The number of hydrogen-bond acceptors (Lipinski definition) is 15. The van der Waals surface area contributed by atoms with Crippen molar-refractivity contribution in [2.24, 2.45) is 5.92 Å². The maximum atomic E-state index is 15.4. The van der Waals surface area contributed by atoms with E-state index in [-0.39, 0.29) is 32.9 Å². The molecule has 6 atom stereocenters. The van der Waals surface area contributed by atoms with Crippen LogP contribution in [-0.4, -0.2) is 112 Å². The Morgan fingerprint density at radius 2 is 1.60 bits per heavy atom. The van der Waals surface area contributed by atoms with E-state index in [2.05, 4.69) is 10.2 Å². The summed E-state index contributed by atoms with van der Waals surface area (Å²) in [7, 11) is 0.976. The van der Waals surface area contributed by atoms with Crippen molar-refractivity contribution in [3.8, 4) is 16.3 Å². The van der Waals surface area contributed by atoms with E-state index in [1.165, 1.54) is 6.07 Å². The number of methoxy groups -OCH3 is 1. The van der Waals surface area contributed by atoms with Crippen molar-refractivity contribution in [3.05, 3.63) is 28.0 Å². The number of benzene rings is 1. The summed E-state index contributed by atoms with van der Waals surface area (Å²) in [5.41, 5.74) is 0.00164. The van der Waals surface area contributed by atoms with Crippen molar-refractivity contribution in [3.63, 3.8) is 0 Å². The zero-order chi connectivity index (χ0) is 38.2. The first-order chi connectivity index (χ1) is 24.4. The van der Waals surface area contributed by atoms with Crippen molar-refractivity contribution < 1.29 is 74.8 Å². The molecular weight excluding hydrogens is 752 g/mol. The lowest BCUT2D eigenvalue weighted by atomic mass is 9.97. The fourth-order valence-electron chi connectivity index (χ4n) is 5.69. The second-order valence-corrected chi connectivity index (χ2v) is 13.2. The van der Waals surface area contributed by atoms with E-state index in [4.69, 9.17) is 40.0 Å². The van der Waals surface area contributed by atoms with E-state index < -0.39 is 102 Å². The highest BCUT2D eigenvalue weighted by atomic mass is 35.5. The molecule has 0 N–H and O–H groups in total. The van der Waals surface area contributed by atoms with E-state index in [0.29, 0.717) is 12.8 Å². The molecule has 3 fully saturated rings. The van der Waals surface area contributed by atoms with Crippen molar-refractivity contribution in [2.75, 3.05) is 13.7 Å². The Hall–Kier alpha value is -4.63. The molecule has 1 aromatic heterocycles. The highest BCUT2D eigenvalue weighted by Crippen LogP contribution is 2.43. The van der Waals surface area contributed by atoms with E-state index in [1.807, 2.05) is 0 Å². The number of carbonyl (C=O) groups is 6. The first-order valence-corrected chi connectivity index (χ1v) is 16.5. The Morgan fingerprint density at radius 1 is 0.981 bits per heavy atom. The molecule has 0 bridgehead atoms. The van der Waals surface area contributed by atoms with Gasteiger partial charge in [-0.2, -0.15) is 13.2 Å². The average molecular weight is 781 g/mol. The third-order valence-corrected chi connectivity index (χ3v) is 9.17. The Labute approximate surface area is 300 Å². The fraction of sp³-hybridized carbons (Fsp3) is 0.533. The molecule has 1 aromatic carbocycles. The Bertz CT molecular complexity index is 1780. The SMILES string of the molecule is COC(=O)[C@H]1O[C@@H](Oc2c(F)ccc(-c3nnc(CN4C(=O)N(CC(F)(F)F)C(=O)C4C4CC4)s3)c2Cl)[C@H](OC(C)=O)[C@@H](OC(C)=O)[C@@H]1OC(C)=O. The number of alkyl halides is 3. The van der Waals surface area contributed by atoms with Gasteiger partial charge in [-0.1, -0.05) is 22.9 Å². The molecule has 0 radical (unpaired) electrons. The van der Waals surface area contributed by atoms with E-state index >= 15 is 4.39 Å². The molecule has 1 saturated carbocycles. The maximum Gasteiger partial charge on any atom is 0.406 e. The second kappa shape index (κ2) is 15.2. The standard InChI is InChI=1S/C30H29ClF4N4O12S/c1-11(40)47-21-22(48-12(2)41)24(49-13(3)42)28(51-23(21)27(44)46-4)50-20-16(32)8-7-15(18(20)31)25-37-36-17(52-25)9-38-19(14-5-6-14)26(43)39(29(38)45)10-30(33,34)35/h7-8,14,19,21-24,28H,5-6,9-10H2,1-4H3/t19?,21-,22-,23-,24+,28+/m0/s1. The van der Waals surface area contributed by atoms with Crippen LogP contribution in [0.4, 0.5) is 22.4 Å². The summed E-state index contributed by atoms with van der Waals surface area (Å²) in [5, 5.41) is 7.70. The zero-order valence-electron chi connectivity index (χ0n) is 27.5. The number of aromatic nitrogens is 2. The lowest BCUT2D eigenvalue weighted by molar-refractivity contribution is -0.282. The molecule has 3 heterocycles. The Kier molecular flexibility index (Phi) is 11.2. The summed E-state index contributed by atoms with van der Waals surface area (Å²) in [6.07, 6.45) is -12.8. The molecule has 3 amide bonds. The third-order valence-electron chi connectivity index (χ3n) is 7.86. The average Bonchev–Trinajstić information content (AvgIpc) is 3.73. The molecule has 2 saturated heterocycles. The quantitative estimate of drug-likeness (QED) is 0.140. The summed E-state index contributed by atoms with van der Waals surface area (Å²) < 4.78 is 86.7. The molecule has 2 aliphatic heterocycles. The lowest BCUT2D eigenvalue weighted by Crippen LogP contribution is -2.64. The van der Waals surface area contributed by atoms with Crippen LogP contribution in [0.25, 0.3) is 10.6 Å². The molecule has 3 aliphatic rings. The number of carbonyl (C=O) groups excluding carboxylic acids is 6. The molecule has 16 nitrogen and oxygen atoms in total. The number of halogens is 5. The van der Waals surface area contributed by atoms with Crippen LogP contribution >= 0.6 is 22.9 Å². The second-order valence-electron chi connectivity index (χ2n) is 11.8. The minimum atomic E-state index is -4.81. The van der Waals surface area contributed by atoms with Crippen LogP contribution in [0.2, 0.25) is 5.02 Å². The normalized spacial score (nSPS) is 24.8. The molecule has 1 aliphatic carbocycles. The lowest BCUT2D eigenvalue weighted by Gasteiger charge is -2.43. The van der Waals surface area contributed by atoms with Crippen LogP contribution in [-0.2, 0) is 54.2 Å². The van der Waals surface area contributed by atoms with Gasteiger partial charge in [0.05, 0.1) is 18.7 Å². The molecule has 0 spiro atoms. The van der Waals surface area contributed by atoms with Crippen LogP contribution in [0.1, 0.15) is 38.6 Å². The molecule has 5 rings (SSSR count). The number of hydrogen-bond donors (Lipinski definition) is 0. The summed E-state index contributed by atoms with van der Waals surface area (Å²) >= 11 is 7.41. The van der Waals surface area contributed by atoms with Gasteiger partial charge < -0.3 is 33.3 Å². The van der Waals surface area contributed by atoms with Gasteiger partial charge in [0.2, 0.25) is 12.4 Å². The summed E-state index contributed by atoms with van der Waals surface area (Å²) in [4.78, 5) is 75.9. The van der Waals surface area contributed by atoms with Gasteiger partial charge >= 0.3 is 36.1 Å². The van der Waals surface area contributed by atoms with Gasteiger partial charge in [0.15, 0.2) is 29.9 Å². The predicted molar refractivity (Wildman–Crippen MR) is 163 cm³/mol. The minimum Gasteiger partial charge on any atom is -0.467 e. The smallest absolute Gasteiger partial charge is 0.406 e. The monoisotopic (exact) mass is 780 g/mol. The summed E-state index contributed by atoms with van der Waals surface area (Å²) in [6, 6.07) is -0.138. The first-order valence-electron chi connectivity index (χ1n) is 15.3. The van der Waals surface area contributed by atoms with E-state index in [0.717, 1.165) is 50.2 Å². The van der Waals surface area contributed by atoms with Gasteiger partial charge in [-0.15, -0.1) is 10.2 Å². The molecular formula is C30H29ClF4N4O12S. The third kappa shape index (κ3) is 8.36. The molecule has 282 valence electrons. The van der Waals surface area contributed by atoms with Gasteiger partial charge in [-0.3, -0.25) is 24.1 Å². The maximum absolute atomic E-state index is 15.4. The highest BCUT2D eigenvalue weighted by Gasteiger charge is 2.57. The van der Waals surface area contributed by atoms with Gasteiger partial charge in [-0.25, -0.2) is 14.0 Å². The number of ether oxygens (including phenoxy) is 6. The number of urea groups is 1. The number of rotatable bonds is 11. The number of nitrogens with zero attached hydrogens (tertiary/aromatic N) is 4. The van der Waals surface area contributed by atoms with Gasteiger partial charge in [0, 0.05) is 26.3 Å². The van der Waals surface area contributed by atoms with Crippen molar-refractivity contribution in [2.45, 2.75) is 83.1 Å². The van der Waals surface area contributed by atoms with E-state index in [9.17, 15) is 41.9 Å². The fourth-order valence-corrected chi connectivity index (χ4v) is 6.90. The molecule has 1 unspecified atom stereocenters. The van der Waals surface area contributed by atoms with Gasteiger partial charge in [-0.05, 0) is 30.9 Å². The first kappa shape index (κ1) is 38.6. The van der Waals surface area contributed by atoms with Crippen molar-refractivity contribution in [1.29, 1.82) is 0 Å². The van der Waals surface area contributed by atoms with Crippen LogP contribution in [0.3, 0.4) is 0 Å². The van der Waals surface area contributed by atoms with Crippen molar-refractivity contribution >= 4 is 58.8 Å². The highest BCUT2D eigenvalue weighted by molar-refractivity contribution is 7.14.